The number of nitrogens with zero attached hydrogens (tertiary/aromatic N) is 1. The largest absolute Gasteiger partial charge is 0.497 e. The number of carbonyl (C=O) groups excluding carboxylic acids is 3. The van der Waals surface area contributed by atoms with Gasteiger partial charge < -0.3 is 10.1 Å². The SMILES string of the molecule is COc1ccc(NC(=O)[C@@H](Cc2ccccc2)N2C(=O)c3ccccc3C2=O)cc1. The van der Waals surface area contributed by atoms with Gasteiger partial charge in [0.25, 0.3) is 11.8 Å². The number of amides is 3. The maximum absolute atomic E-state index is 13.2. The van der Waals surface area contributed by atoms with E-state index in [4.69, 9.17) is 4.74 Å². The molecule has 3 amide bonds. The fourth-order valence-corrected chi connectivity index (χ4v) is 3.53. The smallest absolute Gasteiger partial charge is 0.262 e. The fraction of sp³-hybridized carbons (Fsp3) is 0.125. The summed E-state index contributed by atoms with van der Waals surface area (Å²) in [5.41, 5.74) is 2.04. The van der Waals surface area contributed by atoms with E-state index < -0.39 is 23.8 Å². The van der Waals surface area contributed by atoms with Crippen LogP contribution in [0.5, 0.6) is 5.75 Å². The first-order valence-corrected chi connectivity index (χ1v) is 9.54. The van der Waals surface area contributed by atoms with Crippen LogP contribution >= 0.6 is 0 Å². The molecule has 1 aliphatic rings. The molecule has 0 saturated carbocycles. The van der Waals surface area contributed by atoms with E-state index in [2.05, 4.69) is 5.32 Å². The van der Waals surface area contributed by atoms with Crippen molar-refractivity contribution < 1.29 is 19.1 Å². The number of benzene rings is 3. The lowest BCUT2D eigenvalue weighted by molar-refractivity contribution is -0.119. The number of nitrogens with one attached hydrogen (secondary N) is 1. The molecular formula is C24H20N2O4. The second-order valence-corrected chi connectivity index (χ2v) is 6.95. The van der Waals surface area contributed by atoms with Crippen LogP contribution in [0.3, 0.4) is 0 Å². The van der Waals surface area contributed by atoms with Gasteiger partial charge in [0.2, 0.25) is 5.91 Å². The van der Waals surface area contributed by atoms with Crippen molar-refractivity contribution in [2.45, 2.75) is 12.5 Å². The third-order valence-corrected chi connectivity index (χ3v) is 5.07. The molecule has 6 heteroatoms. The Labute approximate surface area is 174 Å². The van der Waals surface area contributed by atoms with Crippen LogP contribution in [-0.2, 0) is 11.2 Å². The number of ether oxygens (including phenoxy) is 1. The van der Waals surface area contributed by atoms with Gasteiger partial charge in [0.15, 0.2) is 0 Å². The molecule has 0 radical (unpaired) electrons. The van der Waals surface area contributed by atoms with E-state index in [0.29, 0.717) is 22.6 Å². The van der Waals surface area contributed by atoms with Gasteiger partial charge in [0.1, 0.15) is 11.8 Å². The Morgan fingerprint density at radius 2 is 1.43 bits per heavy atom. The van der Waals surface area contributed by atoms with E-state index in [-0.39, 0.29) is 6.42 Å². The minimum absolute atomic E-state index is 0.217. The monoisotopic (exact) mass is 400 g/mol. The van der Waals surface area contributed by atoms with Gasteiger partial charge in [-0.05, 0) is 42.0 Å². The molecule has 0 fully saturated rings. The first-order chi connectivity index (χ1) is 14.6. The van der Waals surface area contributed by atoms with Crippen molar-refractivity contribution in [3.63, 3.8) is 0 Å². The van der Waals surface area contributed by atoms with Crippen LogP contribution in [0.2, 0.25) is 0 Å². The molecular weight excluding hydrogens is 380 g/mol. The van der Waals surface area contributed by atoms with Gasteiger partial charge in [-0.3, -0.25) is 19.3 Å². The minimum Gasteiger partial charge on any atom is -0.497 e. The molecule has 1 atom stereocenters. The Morgan fingerprint density at radius 1 is 0.867 bits per heavy atom. The Kier molecular flexibility index (Phi) is 5.30. The Morgan fingerprint density at radius 3 is 2.00 bits per heavy atom. The second kappa shape index (κ2) is 8.21. The van der Waals surface area contributed by atoms with Crippen molar-refractivity contribution in [2.24, 2.45) is 0 Å². The van der Waals surface area contributed by atoms with E-state index in [1.54, 1.807) is 55.6 Å². The summed E-state index contributed by atoms with van der Waals surface area (Å²) in [4.78, 5) is 40.3. The van der Waals surface area contributed by atoms with Crippen LogP contribution < -0.4 is 10.1 Å². The fourth-order valence-electron chi connectivity index (χ4n) is 3.53. The van der Waals surface area contributed by atoms with Gasteiger partial charge in [-0.1, -0.05) is 42.5 Å². The third-order valence-electron chi connectivity index (χ3n) is 5.07. The van der Waals surface area contributed by atoms with Crippen molar-refractivity contribution >= 4 is 23.4 Å². The van der Waals surface area contributed by atoms with Crippen LogP contribution in [0.4, 0.5) is 5.69 Å². The van der Waals surface area contributed by atoms with Crippen molar-refractivity contribution in [1.29, 1.82) is 0 Å². The summed E-state index contributed by atoms with van der Waals surface area (Å²) in [6.07, 6.45) is 0.217. The predicted octanol–water partition coefficient (Wildman–Crippen LogP) is 3.54. The topological polar surface area (TPSA) is 75.7 Å². The molecule has 0 spiro atoms. The molecule has 1 N–H and O–H groups in total. The summed E-state index contributed by atoms with van der Waals surface area (Å²) in [6.45, 7) is 0. The quantitative estimate of drug-likeness (QED) is 0.642. The van der Waals surface area contributed by atoms with Crippen LogP contribution in [0.1, 0.15) is 26.3 Å². The summed E-state index contributed by atoms with van der Waals surface area (Å²) in [5, 5.41) is 2.82. The number of methoxy groups -OCH3 is 1. The molecule has 0 aromatic heterocycles. The molecule has 0 saturated heterocycles. The number of hydrogen-bond donors (Lipinski definition) is 1. The average molecular weight is 400 g/mol. The highest BCUT2D eigenvalue weighted by atomic mass is 16.5. The van der Waals surface area contributed by atoms with Crippen LogP contribution in [0.15, 0.2) is 78.9 Å². The van der Waals surface area contributed by atoms with Crippen LogP contribution in [0.25, 0.3) is 0 Å². The van der Waals surface area contributed by atoms with Crippen LogP contribution in [0, 0.1) is 0 Å². The maximum Gasteiger partial charge on any atom is 0.262 e. The van der Waals surface area contributed by atoms with E-state index in [0.717, 1.165) is 10.5 Å². The first-order valence-electron chi connectivity index (χ1n) is 9.54. The summed E-state index contributed by atoms with van der Waals surface area (Å²) in [6, 6.07) is 21.8. The number of rotatable bonds is 6. The number of carbonyl (C=O) groups is 3. The summed E-state index contributed by atoms with van der Waals surface area (Å²) in [5.74, 6) is -0.685. The Bertz CT molecular complexity index is 1060. The second-order valence-electron chi connectivity index (χ2n) is 6.95. The first kappa shape index (κ1) is 19.4. The number of hydrogen-bond acceptors (Lipinski definition) is 4. The van der Waals surface area contributed by atoms with Gasteiger partial charge >= 0.3 is 0 Å². The maximum atomic E-state index is 13.2. The highest BCUT2D eigenvalue weighted by Crippen LogP contribution is 2.27. The molecule has 0 unspecified atom stereocenters. The normalized spacial score (nSPS) is 13.7. The lowest BCUT2D eigenvalue weighted by Crippen LogP contribution is -2.48. The molecule has 1 aliphatic heterocycles. The van der Waals surface area contributed by atoms with Crippen LogP contribution in [-0.4, -0.2) is 35.8 Å². The van der Waals surface area contributed by atoms with E-state index in [1.165, 1.54) is 0 Å². The highest BCUT2D eigenvalue weighted by Gasteiger charge is 2.42. The molecule has 0 bridgehead atoms. The van der Waals surface area contributed by atoms with E-state index in [1.807, 2.05) is 30.3 Å². The van der Waals surface area contributed by atoms with Gasteiger partial charge in [-0.2, -0.15) is 0 Å². The summed E-state index contributed by atoms with van der Waals surface area (Å²) >= 11 is 0. The molecule has 1 heterocycles. The van der Waals surface area contributed by atoms with Gasteiger partial charge in [0.05, 0.1) is 18.2 Å². The molecule has 0 aliphatic carbocycles. The Balaban J connectivity index is 1.65. The average Bonchev–Trinajstić information content (AvgIpc) is 3.03. The predicted molar refractivity (Wildman–Crippen MR) is 112 cm³/mol. The van der Waals surface area contributed by atoms with Gasteiger partial charge in [0, 0.05) is 12.1 Å². The number of imide groups is 1. The number of fused-ring (bicyclic) bond motifs is 1. The molecule has 150 valence electrons. The molecule has 3 aromatic carbocycles. The van der Waals surface area contributed by atoms with Gasteiger partial charge in [-0.25, -0.2) is 0 Å². The van der Waals surface area contributed by atoms with Gasteiger partial charge in [-0.15, -0.1) is 0 Å². The molecule has 6 nitrogen and oxygen atoms in total. The lowest BCUT2D eigenvalue weighted by atomic mass is 10.0. The molecule has 30 heavy (non-hydrogen) atoms. The summed E-state index contributed by atoms with van der Waals surface area (Å²) in [7, 11) is 1.56. The van der Waals surface area contributed by atoms with Crippen molar-refractivity contribution in [3.8, 4) is 5.75 Å². The zero-order chi connectivity index (χ0) is 21.1. The Hall–Kier alpha value is -3.93. The number of anilines is 1. The molecule has 3 aromatic rings. The van der Waals surface area contributed by atoms with E-state index in [9.17, 15) is 14.4 Å². The minimum atomic E-state index is -0.984. The lowest BCUT2D eigenvalue weighted by Gasteiger charge is -2.25. The van der Waals surface area contributed by atoms with E-state index >= 15 is 0 Å². The van der Waals surface area contributed by atoms with Crippen molar-refractivity contribution in [3.05, 3.63) is 95.6 Å². The standard InChI is InChI=1S/C24H20N2O4/c1-30-18-13-11-17(12-14-18)25-22(27)21(15-16-7-3-2-4-8-16)26-23(28)19-9-5-6-10-20(19)24(26)29/h2-14,21H,15H2,1H3,(H,25,27)/t21-/m1/s1. The zero-order valence-corrected chi connectivity index (χ0v) is 16.4. The molecule has 4 rings (SSSR count). The third kappa shape index (κ3) is 3.67. The highest BCUT2D eigenvalue weighted by molar-refractivity contribution is 6.23. The summed E-state index contributed by atoms with van der Waals surface area (Å²) < 4.78 is 5.14. The zero-order valence-electron chi connectivity index (χ0n) is 16.4. The van der Waals surface area contributed by atoms with Crippen molar-refractivity contribution in [2.75, 3.05) is 12.4 Å². The van der Waals surface area contributed by atoms with Crippen molar-refractivity contribution in [1.82, 2.24) is 4.90 Å².